The van der Waals surface area contributed by atoms with Gasteiger partial charge in [0.15, 0.2) is 5.01 Å². The van der Waals surface area contributed by atoms with Crippen LogP contribution in [0.15, 0.2) is 12.3 Å². The zero-order chi connectivity index (χ0) is 25.2. The smallest absolute Gasteiger partial charge is 0.280 e. The van der Waals surface area contributed by atoms with Crippen LogP contribution in [0.1, 0.15) is 91.6 Å². The maximum absolute atomic E-state index is 13.5. The van der Waals surface area contributed by atoms with E-state index in [1.54, 1.807) is 20.0 Å². The van der Waals surface area contributed by atoms with Crippen molar-refractivity contribution in [2.24, 2.45) is 0 Å². The van der Waals surface area contributed by atoms with Crippen LogP contribution in [0.25, 0.3) is 10.4 Å². The first-order valence-corrected chi connectivity index (χ1v) is 13.5. The van der Waals surface area contributed by atoms with Gasteiger partial charge in [-0.1, -0.05) is 19.3 Å². The molecule has 4 rings (SSSR count). The van der Waals surface area contributed by atoms with Crippen LogP contribution in [-0.4, -0.2) is 62.6 Å². The van der Waals surface area contributed by atoms with E-state index in [1.807, 2.05) is 24.8 Å². The van der Waals surface area contributed by atoms with Crippen molar-refractivity contribution in [3.05, 3.63) is 28.5 Å². The Hall–Kier alpha value is -2.52. The van der Waals surface area contributed by atoms with Crippen molar-refractivity contribution in [2.45, 2.75) is 90.3 Å². The topological polar surface area (TPSA) is 107 Å². The number of nitrogens with zero attached hydrogens (tertiary/aromatic N) is 3. The number of anilines is 1. The molecule has 2 amide bonds. The minimum atomic E-state index is -1.04. The summed E-state index contributed by atoms with van der Waals surface area (Å²) in [4.78, 5) is 38.0. The predicted molar refractivity (Wildman–Crippen MR) is 139 cm³/mol. The van der Waals surface area contributed by atoms with Crippen molar-refractivity contribution >= 4 is 29.0 Å². The Balaban J connectivity index is 1.64. The molecule has 8 nitrogen and oxygen atoms in total. The van der Waals surface area contributed by atoms with Gasteiger partial charge >= 0.3 is 0 Å². The first-order valence-electron chi connectivity index (χ1n) is 12.7. The van der Waals surface area contributed by atoms with E-state index in [-0.39, 0.29) is 23.5 Å². The molecular weight excluding hydrogens is 462 g/mol. The summed E-state index contributed by atoms with van der Waals surface area (Å²) in [6.45, 7) is 8.09. The molecule has 1 atom stereocenters. The van der Waals surface area contributed by atoms with E-state index in [0.717, 1.165) is 42.6 Å². The normalized spacial score (nSPS) is 19.1. The van der Waals surface area contributed by atoms with E-state index >= 15 is 0 Å². The average molecular weight is 500 g/mol. The third kappa shape index (κ3) is 6.19. The van der Waals surface area contributed by atoms with Gasteiger partial charge in [0.25, 0.3) is 11.8 Å². The molecule has 0 spiro atoms. The molecule has 0 radical (unpaired) electrons. The predicted octanol–water partition coefficient (Wildman–Crippen LogP) is 4.38. The van der Waals surface area contributed by atoms with Crippen LogP contribution in [0, 0.1) is 6.92 Å². The first kappa shape index (κ1) is 25.6. The highest BCUT2D eigenvalue weighted by Gasteiger charge is 2.32. The van der Waals surface area contributed by atoms with Gasteiger partial charge in [0.05, 0.1) is 10.5 Å². The summed E-state index contributed by atoms with van der Waals surface area (Å²) in [6, 6.07) is 2.61. The molecule has 3 N–H and O–H groups in total. The molecule has 0 aromatic carbocycles. The molecule has 0 bridgehead atoms. The number of likely N-dealkylation sites (tertiary alicyclic amines) is 1. The molecule has 1 saturated carbocycles. The molecule has 190 valence electrons. The highest BCUT2D eigenvalue weighted by atomic mass is 32.1. The Bertz CT molecular complexity index is 1070. The largest absolute Gasteiger partial charge is 0.389 e. The maximum Gasteiger partial charge on any atom is 0.280 e. The van der Waals surface area contributed by atoms with Crippen molar-refractivity contribution in [1.82, 2.24) is 20.2 Å². The highest BCUT2D eigenvalue weighted by Crippen LogP contribution is 2.35. The molecule has 1 aliphatic carbocycles. The Kier molecular flexibility index (Phi) is 7.76. The second-order valence-electron chi connectivity index (χ2n) is 10.5. The van der Waals surface area contributed by atoms with Gasteiger partial charge < -0.3 is 20.6 Å². The molecule has 9 heteroatoms. The number of carbonyl (C=O) groups excluding carboxylic acids is 2. The standard InChI is InChI=1S/C26H37N5O3S/c1-16-13-20(29-18-10-6-5-7-11-18)27-14-19(16)22-21(25(33)31-12-8-9-17(31)2)30-24(35-22)23(32)28-15-26(3,4)34/h13-14,17-18,34H,5-12,15H2,1-4H3,(H,27,29)(H,28,32)/t17-/m0/s1. The van der Waals surface area contributed by atoms with Crippen molar-refractivity contribution in [3.8, 4) is 10.4 Å². The zero-order valence-electron chi connectivity index (χ0n) is 21.2. The number of hydrogen-bond acceptors (Lipinski definition) is 7. The fourth-order valence-corrected chi connectivity index (χ4v) is 5.87. The van der Waals surface area contributed by atoms with Gasteiger partial charge in [-0.05, 0) is 65.0 Å². The number of rotatable bonds is 7. The van der Waals surface area contributed by atoms with Crippen LogP contribution < -0.4 is 10.6 Å². The zero-order valence-corrected chi connectivity index (χ0v) is 22.0. The van der Waals surface area contributed by atoms with E-state index in [2.05, 4.69) is 20.6 Å². The van der Waals surface area contributed by atoms with Crippen molar-refractivity contribution in [1.29, 1.82) is 0 Å². The third-order valence-corrected chi connectivity index (χ3v) is 7.92. The van der Waals surface area contributed by atoms with Gasteiger partial charge in [0, 0.05) is 36.9 Å². The van der Waals surface area contributed by atoms with E-state index < -0.39 is 11.5 Å². The second kappa shape index (κ2) is 10.6. The molecule has 2 fully saturated rings. The lowest BCUT2D eigenvalue weighted by Gasteiger charge is -2.23. The van der Waals surface area contributed by atoms with E-state index in [1.165, 1.54) is 30.6 Å². The molecule has 1 saturated heterocycles. The number of aromatic nitrogens is 2. The van der Waals surface area contributed by atoms with Gasteiger partial charge in [-0.15, -0.1) is 11.3 Å². The molecule has 2 aliphatic rings. The minimum Gasteiger partial charge on any atom is -0.389 e. The lowest BCUT2D eigenvalue weighted by molar-refractivity contribution is 0.0692. The van der Waals surface area contributed by atoms with Crippen LogP contribution in [-0.2, 0) is 0 Å². The molecule has 1 aliphatic heterocycles. The molecule has 0 unspecified atom stereocenters. The third-order valence-electron chi connectivity index (χ3n) is 6.83. The number of thiazole rings is 1. The summed E-state index contributed by atoms with van der Waals surface area (Å²) in [5.41, 5.74) is 1.05. The first-order chi connectivity index (χ1) is 16.6. The van der Waals surface area contributed by atoms with Gasteiger partial charge in [-0.3, -0.25) is 9.59 Å². The summed E-state index contributed by atoms with van der Waals surface area (Å²) in [6.07, 6.45) is 9.83. The molecule has 3 heterocycles. The number of aliphatic hydroxyl groups is 1. The van der Waals surface area contributed by atoms with Crippen LogP contribution in [0.3, 0.4) is 0 Å². The lowest BCUT2D eigenvalue weighted by atomic mass is 9.95. The van der Waals surface area contributed by atoms with Gasteiger partial charge in [0.2, 0.25) is 0 Å². The monoisotopic (exact) mass is 499 g/mol. The lowest BCUT2D eigenvalue weighted by Crippen LogP contribution is -2.38. The number of hydrogen-bond donors (Lipinski definition) is 3. The van der Waals surface area contributed by atoms with Crippen molar-refractivity contribution in [2.75, 3.05) is 18.4 Å². The molecular formula is C26H37N5O3S. The Morgan fingerprint density at radius 3 is 2.57 bits per heavy atom. The Labute approximate surface area is 211 Å². The second-order valence-corrected chi connectivity index (χ2v) is 11.5. The number of amides is 2. The summed E-state index contributed by atoms with van der Waals surface area (Å²) < 4.78 is 0. The van der Waals surface area contributed by atoms with Gasteiger partial charge in [-0.25, -0.2) is 9.97 Å². The summed E-state index contributed by atoms with van der Waals surface area (Å²) >= 11 is 1.20. The summed E-state index contributed by atoms with van der Waals surface area (Å²) in [7, 11) is 0. The molecule has 2 aromatic heterocycles. The Morgan fingerprint density at radius 2 is 1.94 bits per heavy atom. The van der Waals surface area contributed by atoms with Crippen molar-refractivity contribution < 1.29 is 14.7 Å². The Morgan fingerprint density at radius 1 is 1.20 bits per heavy atom. The van der Waals surface area contributed by atoms with Crippen LogP contribution in [0.2, 0.25) is 0 Å². The van der Waals surface area contributed by atoms with Crippen LogP contribution in [0.4, 0.5) is 5.82 Å². The van der Waals surface area contributed by atoms with E-state index in [4.69, 9.17) is 0 Å². The van der Waals surface area contributed by atoms with E-state index in [9.17, 15) is 14.7 Å². The van der Waals surface area contributed by atoms with Crippen LogP contribution in [0.5, 0.6) is 0 Å². The van der Waals surface area contributed by atoms with Gasteiger partial charge in [0.1, 0.15) is 11.5 Å². The van der Waals surface area contributed by atoms with Crippen molar-refractivity contribution in [3.63, 3.8) is 0 Å². The average Bonchev–Trinajstić information content (AvgIpc) is 3.44. The van der Waals surface area contributed by atoms with Gasteiger partial charge in [-0.2, -0.15) is 0 Å². The fourth-order valence-electron chi connectivity index (χ4n) is 4.82. The minimum absolute atomic E-state index is 0.0926. The quantitative estimate of drug-likeness (QED) is 0.522. The fraction of sp³-hybridized carbons (Fsp3) is 0.615. The maximum atomic E-state index is 13.5. The SMILES string of the molecule is Cc1cc(NC2CCCCC2)ncc1-c1sc(C(=O)NCC(C)(C)O)nc1C(=O)N1CCC[C@@H]1C. The summed E-state index contributed by atoms with van der Waals surface area (Å²) in [5, 5.41) is 16.5. The molecule has 35 heavy (non-hydrogen) atoms. The van der Waals surface area contributed by atoms with Crippen LogP contribution >= 0.6 is 11.3 Å². The highest BCUT2D eigenvalue weighted by molar-refractivity contribution is 7.17. The number of pyridine rings is 1. The number of aryl methyl sites for hydroxylation is 1. The summed E-state index contributed by atoms with van der Waals surface area (Å²) in [5.74, 6) is 0.298. The number of nitrogens with one attached hydrogen (secondary N) is 2. The molecule has 2 aromatic rings. The number of carbonyl (C=O) groups is 2. The van der Waals surface area contributed by atoms with E-state index in [0.29, 0.717) is 23.2 Å².